The van der Waals surface area contributed by atoms with E-state index in [4.69, 9.17) is 0 Å². The van der Waals surface area contributed by atoms with Crippen molar-refractivity contribution in [1.29, 1.82) is 0 Å². The van der Waals surface area contributed by atoms with E-state index in [0.29, 0.717) is 18.8 Å². The molecule has 2 aromatic carbocycles. The number of anilines is 2. The molecule has 0 bridgehead atoms. The van der Waals surface area contributed by atoms with E-state index < -0.39 is 0 Å². The molecule has 4 rings (SSSR count). The van der Waals surface area contributed by atoms with Crippen LogP contribution >= 0.6 is 0 Å². The summed E-state index contributed by atoms with van der Waals surface area (Å²) in [4.78, 5) is 28.4. The summed E-state index contributed by atoms with van der Waals surface area (Å²) in [6, 6.07) is 18.2. The quantitative estimate of drug-likeness (QED) is 0.842. The van der Waals surface area contributed by atoms with Gasteiger partial charge in [0, 0.05) is 44.0 Å². The van der Waals surface area contributed by atoms with Crippen molar-refractivity contribution in [3.63, 3.8) is 0 Å². The van der Waals surface area contributed by atoms with Crippen molar-refractivity contribution in [3.8, 4) is 0 Å². The first-order valence-corrected chi connectivity index (χ1v) is 10.1. The molecule has 2 amide bonds. The van der Waals surface area contributed by atoms with Crippen molar-refractivity contribution in [1.82, 2.24) is 5.32 Å². The van der Waals surface area contributed by atoms with Gasteiger partial charge in [-0.15, -0.1) is 0 Å². The lowest BCUT2D eigenvalue weighted by molar-refractivity contribution is -0.120. The first-order chi connectivity index (χ1) is 13.7. The van der Waals surface area contributed by atoms with Crippen molar-refractivity contribution >= 4 is 23.2 Å². The van der Waals surface area contributed by atoms with Gasteiger partial charge in [0.1, 0.15) is 0 Å². The van der Waals surface area contributed by atoms with E-state index in [-0.39, 0.29) is 11.8 Å². The van der Waals surface area contributed by atoms with Gasteiger partial charge in [-0.3, -0.25) is 9.59 Å². The number of rotatable bonds is 6. The highest BCUT2D eigenvalue weighted by atomic mass is 16.2. The summed E-state index contributed by atoms with van der Waals surface area (Å²) in [6.07, 6.45) is 3.04. The SMILES string of the molecule is O=C(Cc1ccc(N2CCCC2=O)cc1)NCC1CCN(c2ccccc2)C1. The van der Waals surface area contributed by atoms with Gasteiger partial charge in [0.2, 0.25) is 11.8 Å². The molecule has 1 atom stereocenters. The highest BCUT2D eigenvalue weighted by Crippen LogP contribution is 2.23. The molecule has 1 unspecified atom stereocenters. The van der Waals surface area contributed by atoms with Gasteiger partial charge in [0.15, 0.2) is 0 Å². The number of nitrogens with zero attached hydrogens (tertiary/aromatic N) is 2. The third-order valence-electron chi connectivity index (χ3n) is 5.68. The molecule has 0 aromatic heterocycles. The Morgan fingerprint density at radius 2 is 1.79 bits per heavy atom. The molecular formula is C23H27N3O2. The molecular weight excluding hydrogens is 350 g/mol. The molecule has 2 heterocycles. The molecule has 0 saturated carbocycles. The van der Waals surface area contributed by atoms with E-state index in [0.717, 1.165) is 50.3 Å². The number of hydrogen-bond acceptors (Lipinski definition) is 3. The highest BCUT2D eigenvalue weighted by Gasteiger charge is 2.23. The molecule has 5 heteroatoms. The second-order valence-electron chi connectivity index (χ2n) is 7.73. The molecule has 2 aliphatic rings. The van der Waals surface area contributed by atoms with Gasteiger partial charge in [0.05, 0.1) is 6.42 Å². The smallest absolute Gasteiger partial charge is 0.227 e. The largest absolute Gasteiger partial charge is 0.371 e. The molecule has 0 spiro atoms. The van der Waals surface area contributed by atoms with Crippen molar-refractivity contribution in [2.24, 2.45) is 5.92 Å². The van der Waals surface area contributed by atoms with Crippen LogP contribution in [0.2, 0.25) is 0 Å². The summed E-state index contributed by atoms with van der Waals surface area (Å²) in [7, 11) is 0. The van der Waals surface area contributed by atoms with Crippen LogP contribution in [0.25, 0.3) is 0 Å². The van der Waals surface area contributed by atoms with Crippen molar-refractivity contribution in [3.05, 3.63) is 60.2 Å². The average Bonchev–Trinajstić information content (AvgIpc) is 3.37. The van der Waals surface area contributed by atoms with Crippen LogP contribution in [0, 0.1) is 5.92 Å². The van der Waals surface area contributed by atoms with Gasteiger partial charge in [-0.05, 0) is 48.6 Å². The van der Waals surface area contributed by atoms with E-state index in [1.807, 2.05) is 35.2 Å². The lowest BCUT2D eigenvalue weighted by atomic mass is 10.1. The average molecular weight is 377 g/mol. The molecule has 2 saturated heterocycles. The molecule has 2 aliphatic heterocycles. The van der Waals surface area contributed by atoms with Crippen LogP contribution in [0.15, 0.2) is 54.6 Å². The Morgan fingerprint density at radius 3 is 2.50 bits per heavy atom. The number of hydrogen-bond donors (Lipinski definition) is 1. The molecule has 2 fully saturated rings. The Morgan fingerprint density at radius 1 is 1.00 bits per heavy atom. The zero-order valence-corrected chi connectivity index (χ0v) is 16.1. The maximum Gasteiger partial charge on any atom is 0.227 e. The van der Waals surface area contributed by atoms with Gasteiger partial charge in [-0.25, -0.2) is 0 Å². The minimum atomic E-state index is 0.0585. The van der Waals surface area contributed by atoms with Gasteiger partial charge in [-0.1, -0.05) is 30.3 Å². The highest BCUT2D eigenvalue weighted by molar-refractivity contribution is 5.95. The zero-order valence-electron chi connectivity index (χ0n) is 16.1. The topological polar surface area (TPSA) is 52.7 Å². The van der Waals surface area contributed by atoms with Gasteiger partial charge >= 0.3 is 0 Å². The first-order valence-electron chi connectivity index (χ1n) is 10.1. The Balaban J connectivity index is 1.23. The maximum atomic E-state index is 12.3. The number of carbonyl (C=O) groups is 2. The molecule has 0 radical (unpaired) electrons. The van der Waals surface area contributed by atoms with E-state index >= 15 is 0 Å². The summed E-state index contributed by atoms with van der Waals surface area (Å²) in [6.45, 7) is 3.55. The van der Waals surface area contributed by atoms with Crippen LogP contribution in [0.5, 0.6) is 0 Å². The Kier molecular flexibility index (Phi) is 5.60. The van der Waals surface area contributed by atoms with E-state index in [9.17, 15) is 9.59 Å². The van der Waals surface area contributed by atoms with Crippen molar-refractivity contribution in [2.75, 3.05) is 36.0 Å². The molecule has 2 aromatic rings. The summed E-state index contributed by atoms with van der Waals surface area (Å²) >= 11 is 0. The van der Waals surface area contributed by atoms with Crippen molar-refractivity contribution < 1.29 is 9.59 Å². The van der Waals surface area contributed by atoms with Crippen molar-refractivity contribution in [2.45, 2.75) is 25.7 Å². The lowest BCUT2D eigenvalue weighted by Crippen LogP contribution is -2.32. The van der Waals surface area contributed by atoms with Crippen LogP contribution in [-0.4, -0.2) is 38.0 Å². The molecule has 5 nitrogen and oxygen atoms in total. The Bertz CT molecular complexity index is 820. The van der Waals surface area contributed by atoms with E-state index in [1.54, 1.807) is 0 Å². The second kappa shape index (κ2) is 8.46. The fourth-order valence-electron chi connectivity index (χ4n) is 4.09. The van der Waals surface area contributed by atoms with E-state index in [2.05, 4.69) is 34.5 Å². The molecule has 146 valence electrons. The third-order valence-corrected chi connectivity index (χ3v) is 5.68. The zero-order chi connectivity index (χ0) is 19.3. The second-order valence-corrected chi connectivity index (χ2v) is 7.73. The summed E-state index contributed by atoms with van der Waals surface area (Å²) < 4.78 is 0. The van der Waals surface area contributed by atoms with Gasteiger partial charge < -0.3 is 15.1 Å². The number of carbonyl (C=O) groups excluding carboxylic acids is 2. The summed E-state index contributed by atoms with van der Waals surface area (Å²) in [5, 5.41) is 3.09. The van der Waals surface area contributed by atoms with Crippen LogP contribution in [0.1, 0.15) is 24.8 Å². The maximum absolute atomic E-state index is 12.3. The van der Waals surface area contributed by atoms with E-state index in [1.165, 1.54) is 5.69 Å². The minimum absolute atomic E-state index is 0.0585. The Labute approximate surface area is 166 Å². The van der Waals surface area contributed by atoms with Crippen LogP contribution in [-0.2, 0) is 16.0 Å². The number of nitrogens with one attached hydrogen (secondary N) is 1. The molecule has 1 N–H and O–H groups in total. The van der Waals surface area contributed by atoms with Gasteiger partial charge in [-0.2, -0.15) is 0 Å². The molecule has 0 aliphatic carbocycles. The van der Waals surface area contributed by atoms with Crippen LogP contribution in [0.3, 0.4) is 0 Å². The number of benzene rings is 2. The number of para-hydroxylation sites is 1. The lowest BCUT2D eigenvalue weighted by Gasteiger charge is -2.18. The standard InChI is InChI=1S/C23H27N3O2/c27-22(15-18-8-10-21(11-9-18)26-13-4-7-23(26)28)24-16-19-12-14-25(17-19)20-5-2-1-3-6-20/h1-3,5-6,8-11,19H,4,7,12-17H2,(H,24,27). The fourth-order valence-corrected chi connectivity index (χ4v) is 4.09. The van der Waals surface area contributed by atoms with Gasteiger partial charge in [0.25, 0.3) is 0 Å². The summed E-state index contributed by atoms with van der Waals surface area (Å²) in [5.41, 5.74) is 3.16. The van der Waals surface area contributed by atoms with Crippen LogP contribution in [0.4, 0.5) is 11.4 Å². The monoisotopic (exact) mass is 377 g/mol. The number of amides is 2. The molecule has 28 heavy (non-hydrogen) atoms. The fraction of sp³-hybridized carbons (Fsp3) is 0.391. The first kappa shape index (κ1) is 18.5. The third kappa shape index (κ3) is 4.35. The normalized spacial score (nSPS) is 19.3. The summed E-state index contributed by atoms with van der Waals surface area (Å²) in [5.74, 6) is 0.738. The minimum Gasteiger partial charge on any atom is -0.371 e. The Hall–Kier alpha value is -2.82. The predicted molar refractivity (Wildman–Crippen MR) is 112 cm³/mol. The van der Waals surface area contributed by atoms with Crippen LogP contribution < -0.4 is 15.1 Å². The predicted octanol–water partition coefficient (Wildman–Crippen LogP) is 3.00.